The second-order valence-corrected chi connectivity index (χ2v) is 5.80. The number of aromatic nitrogens is 1. The van der Waals surface area contributed by atoms with Gasteiger partial charge in [-0.05, 0) is 19.0 Å². The maximum absolute atomic E-state index is 5.95. The number of likely N-dealkylation sites (tertiary alicyclic amines) is 1. The van der Waals surface area contributed by atoms with Crippen LogP contribution in [-0.4, -0.2) is 66.8 Å². The van der Waals surface area contributed by atoms with Gasteiger partial charge < -0.3 is 9.47 Å². The number of piperidine rings is 1. The van der Waals surface area contributed by atoms with Gasteiger partial charge in [-0.3, -0.25) is 9.80 Å². The van der Waals surface area contributed by atoms with E-state index in [1.54, 1.807) is 7.11 Å². The zero-order valence-corrected chi connectivity index (χ0v) is 13.0. The number of nitrogens with zero attached hydrogens (tertiary/aromatic N) is 3. The molecule has 3 rings (SSSR count). The SMILES string of the molecule is CCN1CCO[C@@H]2CCN(Cc3cccc(OC)n3)C[C@H]21. The van der Waals surface area contributed by atoms with E-state index < -0.39 is 0 Å². The lowest BCUT2D eigenvalue weighted by atomic mass is 9.98. The number of rotatable bonds is 4. The third-order valence-corrected chi connectivity index (χ3v) is 4.57. The van der Waals surface area contributed by atoms with Gasteiger partial charge in [0.25, 0.3) is 0 Å². The Hall–Kier alpha value is -1.17. The van der Waals surface area contributed by atoms with Crippen molar-refractivity contribution in [2.45, 2.75) is 32.0 Å². The second kappa shape index (κ2) is 6.73. The summed E-state index contributed by atoms with van der Waals surface area (Å²) in [5, 5.41) is 0. The van der Waals surface area contributed by atoms with Crippen molar-refractivity contribution >= 4 is 0 Å². The maximum Gasteiger partial charge on any atom is 0.213 e. The molecule has 0 bridgehead atoms. The van der Waals surface area contributed by atoms with Crippen LogP contribution in [0.15, 0.2) is 18.2 Å². The Kier molecular flexibility index (Phi) is 4.73. The Morgan fingerprint density at radius 1 is 1.38 bits per heavy atom. The molecule has 5 heteroatoms. The second-order valence-electron chi connectivity index (χ2n) is 5.80. The van der Waals surface area contributed by atoms with Gasteiger partial charge in [-0.25, -0.2) is 4.98 Å². The summed E-state index contributed by atoms with van der Waals surface area (Å²) in [6.45, 7) is 8.32. The molecule has 0 aliphatic carbocycles. The number of morpholine rings is 1. The smallest absolute Gasteiger partial charge is 0.213 e. The molecule has 2 aliphatic heterocycles. The number of likely N-dealkylation sites (N-methyl/N-ethyl adjacent to an activating group) is 1. The molecule has 5 nitrogen and oxygen atoms in total. The zero-order chi connectivity index (χ0) is 14.7. The molecule has 0 radical (unpaired) electrons. The first kappa shape index (κ1) is 14.8. The van der Waals surface area contributed by atoms with Crippen molar-refractivity contribution in [2.75, 3.05) is 39.9 Å². The van der Waals surface area contributed by atoms with Crippen molar-refractivity contribution in [3.63, 3.8) is 0 Å². The third kappa shape index (κ3) is 3.36. The van der Waals surface area contributed by atoms with E-state index in [0.717, 1.165) is 51.4 Å². The molecule has 21 heavy (non-hydrogen) atoms. The number of hydrogen-bond donors (Lipinski definition) is 0. The standard InChI is InChI=1S/C16H25N3O2/c1-3-19-9-10-21-15-7-8-18(12-14(15)19)11-13-5-4-6-16(17-13)20-2/h4-6,14-15H,3,7-12H2,1-2H3/t14-,15-/m1/s1. The van der Waals surface area contributed by atoms with Crippen LogP contribution in [0.3, 0.4) is 0 Å². The van der Waals surface area contributed by atoms with E-state index in [1.165, 1.54) is 0 Å². The number of pyridine rings is 1. The van der Waals surface area contributed by atoms with Gasteiger partial charge in [0.2, 0.25) is 5.88 Å². The Morgan fingerprint density at radius 3 is 3.10 bits per heavy atom. The fourth-order valence-electron chi connectivity index (χ4n) is 3.43. The van der Waals surface area contributed by atoms with Gasteiger partial charge in [0.15, 0.2) is 0 Å². The highest BCUT2D eigenvalue weighted by Gasteiger charge is 2.36. The summed E-state index contributed by atoms with van der Waals surface area (Å²) in [4.78, 5) is 9.56. The Labute approximate surface area is 126 Å². The van der Waals surface area contributed by atoms with Crippen LogP contribution in [0.1, 0.15) is 19.0 Å². The van der Waals surface area contributed by atoms with Crippen molar-refractivity contribution in [3.05, 3.63) is 23.9 Å². The first-order valence-electron chi connectivity index (χ1n) is 7.88. The van der Waals surface area contributed by atoms with Crippen LogP contribution < -0.4 is 4.74 Å². The first-order valence-corrected chi connectivity index (χ1v) is 7.88. The molecule has 116 valence electrons. The molecule has 1 aromatic heterocycles. The normalized spacial score (nSPS) is 27.3. The highest BCUT2D eigenvalue weighted by atomic mass is 16.5. The van der Waals surface area contributed by atoms with Gasteiger partial charge in [-0.1, -0.05) is 13.0 Å². The summed E-state index contributed by atoms with van der Waals surface area (Å²) in [6, 6.07) is 6.51. The molecule has 2 aliphatic rings. The molecule has 3 heterocycles. The van der Waals surface area contributed by atoms with Crippen LogP contribution in [-0.2, 0) is 11.3 Å². The van der Waals surface area contributed by atoms with Crippen LogP contribution >= 0.6 is 0 Å². The molecule has 1 aromatic rings. The van der Waals surface area contributed by atoms with Crippen LogP contribution in [0.2, 0.25) is 0 Å². The topological polar surface area (TPSA) is 37.8 Å². The van der Waals surface area contributed by atoms with Crippen molar-refractivity contribution in [3.8, 4) is 5.88 Å². The molecule has 2 saturated heterocycles. The third-order valence-electron chi connectivity index (χ3n) is 4.57. The quantitative estimate of drug-likeness (QED) is 0.838. The minimum absolute atomic E-state index is 0.410. The van der Waals surface area contributed by atoms with E-state index in [-0.39, 0.29) is 0 Å². The van der Waals surface area contributed by atoms with Gasteiger partial charge in [0, 0.05) is 38.3 Å². The van der Waals surface area contributed by atoms with Gasteiger partial charge >= 0.3 is 0 Å². The van der Waals surface area contributed by atoms with E-state index in [1.807, 2.05) is 12.1 Å². The predicted octanol–water partition coefficient (Wildman–Crippen LogP) is 1.39. The molecular weight excluding hydrogens is 266 g/mol. The molecule has 0 N–H and O–H groups in total. The fourth-order valence-corrected chi connectivity index (χ4v) is 3.43. The molecule has 0 saturated carbocycles. The van der Waals surface area contributed by atoms with Crippen LogP contribution in [0.25, 0.3) is 0 Å². The lowest BCUT2D eigenvalue weighted by molar-refractivity contribution is -0.102. The summed E-state index contributed by atoms with van der Waals surface area (Å²) in [7, 11) is 1.66. The summed E-state index contributed by atoms with van der Waals surface area (Å²) in [5.41, 5.74) is 1.08. The highest BCUT2D eigenvalue weighted by molar-refractivity contribution is 5.15. The Balaban J connectivity index is 1.64. The number of ether oxygens (including phenoxy) is 2. The Bertz CT molecular complexity index is 463. The van der Waals surface area contributed by atoms with Gasteiger partial charge in [-0.2, -0.15) is 0 Å². The molecule has 0 unspecified atom stereocenters. The first-order chi connectivity index (χ1) is 10.3. The Morgan fingerprint density at radius 2 is 2.29 bits per heavy atom. The molecule has 0 spiro atoms. The monoisotopic (exact) mass is 291 g/mol. The number of methoxy groups -OCH3 is 1. The molecular formula is C16H25N3O2. The van der Waals surface area contributed by atoms with Crippen LogP contribution in [0.4, 0.5) is 0 Å². The molecule has 0 amide bonds. The maximum atomic E-state index is 5.95. The number of hydrogen-bond acceptors (Lipinski definition) is 5. The molecule has 2 atom stereocenters. The summed E-state index contributed by atoms with van der Waals surface area (Å²) < 4.78 is 11.2. The van der Waals surface area contributed by atoms with E-state index in [9.17, 15) is 0 Å². The van der Waals surface area contributed by atoms with Gasteiger partial charge in [0.1, 0.15) is 0 Å². The molecule has 2 fully saturated rings. The summed E-state index contributed by atoms with van der Waals surface area (Å²) >= 11 is 0. The van der Waals surface area contributed by atoms with Crippen molar-refractivity contribution < 1.29 is 9.47 Å². The highest BCUT2D eigenvalue weighted by Crippen LogP contribution is 2.24. The van der Waals surface area contributed by atoms with Crippen molar-refractivity contribution in [1.29, 1.82) is 0 Å². The van der Waals surface area contributed by atoms with E-state index in [2.05, 4.69) is 27.8 Å². The lowest BCUT2D eigenvalue weighted by Gasteiger charge is -2.46. The van der Waals surface area contributed by atoms with Gasteiger partial charge in [0.05, 0.1) is 25.5 Å². The fraction of sp³-hybridized carbons (Fsp3) is 0.688. The lowest BCUT2D eigenvalue weighted by Crippen LogP contribution is -2.59. The van der Waals surface area contributed by atoms with Crippen LogP contribution in [0, 0.1) is 0 Å². The predicted molar refractivity (Wildman–Crippen MR) is 81.5 cm³/mol. The average molecular weight is 291 g/mol. The van der Waals surface area contributed by atoms with E-state index >= 15 is 0 Å². The number of fused-ring (bicyclic) bond motifs is 1. The van der Waals surface area contributed by atoms with Gasteiger partial charge in [-0.15, -0.1) is 0 Å². The van der Waals surface area contributed by atoms with Crippen molar-refractivity contribution in [1.82, 2.24) is 14.8 Å². The average Bonchev–Trinajstić information content (AvgIpc) is 2.54. The van der Waals surface area contributed by atoms with Crippen LogP contribution in [0.5, 0.6) is 5.88 Å². The molecule has 0 aromatic carbocycles. The van der Waals surface area contributed by atoms with Crippen molar-refractivity contribution in [2.24, 2.45) is 0 Å². The summed E-state index contributed by atoms with van der Waals surface area (Å²) in [5.74, 6) is 0.693. The minimum atomic E-state index is 0.410. The minimum Gasteiger partial charge on any atom is -0.481 e. The van der Waals surface area contributed by atoms with E-state index in [4.69, 9.17) is 9.47 Å². The van der Waals surface area contributed by atoms with E-state index in [0.29, 0.717) is 18.0 Å². The largest absolute Gasteiger partial charge is 0.481 e. The zero-order valence-electron chi connectivity index (χ0n) is 13.0. The summed E-state index contributed by atoms with van der Waals surface area (Å²) in [6.07, 6.45) is 1.53.